The van der Waals surface area contributed by atoms with E-state index in [4.69, 9.17) is 0 Å². The van der Waals surface area contributed by atoms with Crippen LogP contribution in [0.3, 0.4) is 0 Å². The van der Waals surface area contributed by atoms with E-state index < -0.39 is 0 Å². The summed E-state index contributed by atoms with van der Waals surface area (Å²) in [5.41, 5.74) is 1.50. The molecule has 0 amide bonds. The number of carbonyl (C=O) groups is 1. The molecule has 2 heteroatoms. The van der Waals surface area contributed by atoms with Crippen LogP contribution in [0.1, 0.15) is 15.9 Å². The number of ketones is 1. The molecule has 0 radical (unpaired) electrons. The van der Waals surface area contributed by atoms with Gasteiger partial charge in [0.2, 0.25) is 0 Å². The number of rotatable bonds is 2. The molecule has 0 aliphatic rings. The Labute approximate surface area is 124 Å². The summed E-state index contributed by atoms with van der Waals surface area (Å²) in [6.45, 7) is 0. The molecule has 0 aliphatic heterocycles. The first-order valence-corrected chi connectivity index (χ1v) is 5.86. The average Bonchev–Trinajstić information content (AvgIpc) is 3.14. The molecule has 0 spiro atoms. The minimum absolute atomic E-state index is 0. The zero-order valence-electron chi connectivity index (χ0n) is 10.3. The number of hydrogen-bond acceptors (Lipinski definition) is 1. The molecule has 98 valence electrons. The van der Waals surface area contributed by atoms with E-state index in [1.165, 1.54) is 0 Å². The van der Waals surface area contributed by atoms with Crippen molar-refractivity contribution in [2.24, 2.45) is 0 Å². The quantitative estimate of drug-likeness (QED) is 0.395. The van der Waals surface area contributed by atoms with Crippen molar-refractivity contribution in [1.82, 2.24) is 0 Å². The molecule has 3 rings (SSSR count). The van der Waals surface area contributed by atoms with Crippen molar-refractivity contribution in [2.75, 3.05) is 0 Å². The molecule has 0 heterocycles. The fraction of sp³-hybridized carbons (Fsp3) is 0. The van der Waals surface area contributed by atoms with Gasteiger partial charge in [-0.05, 0) is 0 Å². The molecule has 3 aromatic rings. The molecule has 1 nitrogen and oxygen atoms in total. The summed E-state index contributed by atoms with van der Waals surface area (Å²) in [6.07, 6.45) is 0. The summed E-state index contributed by atoms with van der Waals surface area (Å²) in [5, 5.41) is 0. The Balaban J connectivity index is 0.000000256. The maximum absolute atomic E-state index is 11.7. The number of carbonyl (C=O) groups excluding carboxylic acids is 1. The van der Waals surface area contributed by atoms with Crippen molar-refractivity contribution in [3.8, 4) is 0 Å². The van der Waals surface area contributed by atoms with Crippen LogP contribution in [0.5, 0.6) is 0 Å². The molecule has 0 N–H and O–H groups in total. The monoisotopic (exact) mass is 290 g/mol. The summed E-state index contributed by atoms with van der Waals surface area (Å²) >= 11 is 0. The predicted molar refractivity (Wildman–Crippen MR) is 73.9 cm³/mol. The van der Waals surface area contributed by atoms with Gasteiger partial charge in [-0.25, -0.2) is 12.1 Å². The largest absolute Gasteiger partial charge is 0.311 e. The van der Waals surface area contributed by atoms with E-state index >= 15 is 0 Å². The maximum Gasteiger partial charge on any atom is 0.112 e. The third-order valence-electron chi connectivity index (χ3n) is 2.52. The van der Waals surface area contributed by atoms with Crippen LogP contribution in [0.15, 0.2) is 84.9 Å². The van der Waals surface area contributed by atoms with Crippen molar-refractivity contribution < 1.29 is 21.9 Å². The van der Waals surface area contributed by atoms with Crippen LogP contribution in [0.2, 0.25) is 0 Å². The topological polar surface area (TPSA) is 17.1 Å². The molecule has 0 aromatic heterocycles. The molecule has 0 saturated carbocycles. The molecule has 19 heavy (non-hydrogen) atoms. The van der Waals surface area contributed by atoms with Crippen LogP contribution in [-0.4, -0.2) is 5.78 Å². The van der Waals surface area contributed by atoms with Crippen LogP contribution in [-0.2, 0) is 17.1 Å². The van der Waals surface area contributed by atoms with Crippen molar-refractivity contribution in [3.63, 3.8) is 0 Å². The van der Waals surface area contributed by atoms with Gasteiger partial charge in [0.15, 0.2) is 0 Å². The van der Waals surface area contributed by atoms with E-state index in [-0.39, 0.29) is 22.9 Å². The second kappa shape index (κ2) is 8.25. The normalized spacial score (nSPS) is 8.84. The second-order valence-corrected chi connectivity index (χ2v) is 3.83. The minimum Gasteiger partial charge on any atom is -0.311 e. The molecule has 0 aliphatic carbocycles. The summed E-state index contributed by atoms with van der Waals surface area (Å²) in [6, 6.07) is 26.7. The Morgan fingerprint density at radius 3 is 1.89 bits per heavy atom. The van der Waals surface area contributed by atoms with Gasteiger partial charge in [0, 0.05) is 17.1 Å². The Hall–Kier alpha value is -1.89. The predicted octanol–water partition coefficient (Wildman–Crippen LogP) is 4.04. The molecule has 0 atom stereocenters. The van der Waals surface area contributed by atoms with Gasteiger partial charge in [0.25, 0.3) is 0 Å². The van der Waals surface area contributed by atoms with E-state index in [1.807, 2.05) is 84.9 Å². The molecule has 0 bridgehead atoms. The van der Waals surface area contributed by atoms with Gasteiger partial charge >= 0.3 is 0 Å². The maximum atomic E-state index is 11.7. The Kier molecular flexibility index (Phi) is 6.59. The Bertz CT molecular complexity index is 533. The number of benzene rings is 1. The third kappa shape index (κ3) is 4.70. The molecular weight excluding hydrogens is 276 g/mol. The molecular formula is C17H14FeO-2. The van der Waals surface area contributed by atoms with Crippen molar-refractivity contribution in [3.05, 3.63) is 96.1 Å². The van der Waals surface area contributed by atoms with Crippen LogP contribution < -0.4 is 0 Å². The Morgan fingerprint density at radius 1 is 0.842 bits per heavy atom. The minimum atomic E-state index is 0. The van der Waals surface area contributed by atoms with Crippen molar-refractivity contribution in [2.45, 2.75) is 0 Å². The zero-order chi connectivity index (χ0) is 12.6. The third-order valence-corrected chi connectivity index (χ3v) is 2.52. The molecule has 3 aromatic carbocycles. The van der Waals surface area contributed by atoms with Gasteiger partial charge < -0.3 is 4.79 Å². The van der Waals surface area contributed by atoms with Crippen molar-refractivity contribution in [1.29, 1.82) is 0 Å². The molecule has 0 saturated heterocycles. The van der Waals surface area contributed by atoms with Gasteiger partial charge in [-0.15, -0.1) is 12.1 Å². The van der Waals surface area contributed by atoms with Gasteiger partial charge in [-0.2, -0.15) is 30.3 Å². The summed E-state index contributed by atoms with van der Waals surface area (Å²) in [4.78, 5) is 11.7. The van der Waals surface area contributed by atoms with E-state index in [2.05, 4.69) is 0 Å². The fourth-order valence-electron chi connectivity index (χ4n) is 1.60. The zero-order valence-corrected chi connectivity index (χ0v) is 11.4. The Morgan fingerprint density at radius 2 is 1.42 bits per heavy atom. The van der Waals surface area contributed by atoms with E-state index in [0.717, 1.165) is 11.1 Å². The standard InChI is InChI=1S/C12H9O.C5H5.Fe/c13-12(11-8-4-5-9-11)10-6-2-1-3-7-10;1-2-4-5-3-1;/h1-9H;1-5H;/q2*-1;. The second-order valence-electron chi connectivity index (χ2n) is 3.83. The van der Waals surface area contributed by atoms with Crippen LogP contribution in [0, 0.1) is 0 Å². The molecule has 0 unspecified atom stereocenters. The van der Waals surface area contributed by atoms with Crippen LogP contribution in [0.4, 0.5) is 0 Å². The van der Waals surface area contributed by atoms with Gasteiger partial charge in [0.1, 0.15) is 5.78 Å². The first-order valence-electron chi connectivity index (χ1n) is 5.86. The SMILES string of the molecule is O=C(c1ccccc1)[c-]1cccc1.[Fe].c1cc[cH-]c1. The van der Waals surface area contributed by atoms with Crippen LogP contribution >= 0.6 is 0 Å². The van der Waals surface area contributed by atoms with E-state index in [0.29, 0.717) is 0 Å². The van der Waals surface area contributed by atoms with Crippen LogP contribution in [0.25, 0.3) is 0 Å². The summed E-state index contributed by atoms with van der Waals surface area (Å²) < 4.78 is 0. The van der Waals surface area contributed by atoms with Gasteiger partial charge in [-0.1, -0.05) is 41.5 Å². The fourth-order valence-corrected chi connectivity index (χ4v) is 1.60. The summed E-state index contributed by atoms with van der Waals surface area (Å²) in [5.74, 6) is 0.0885. The summed E-state index contributed by atoms with van der Waals surface area (Å²) in [7, 11) is 0. The number of hydrogen-bond donors (Lipinski definition) is 0. The smallest absolute Gasteiger partial charge is 0.112 e. The van der Waals surface area contributed by atoms with Gasteiger partial charge in [0.05, 0.1) is 0 Å². The van der Waals surface area contributed by atoms with Gasteiger partial charge in [-0.3, -0.25) is 0 Å². The average molecular weight is 290 g/mol. The molecule has 0 fully saturated rings. The van der Waals surface area contributed by atoms with E-state index in [9.17, 15) is 4.79 Å². The first kappa shape index (κ1) is 15.2. The first-order chi connectivity index (χ1) is 8.88. The van der Waals surface area contributed by atoms with E-state index in [1.54, 1.807) is 0 Å². The van der Waals surface area contributed by atoms with Crippen molar-refractivity contribution >= 4 is 5.78 Å².